The lowest BCUT2D eigenvalue weighted by atomic mass is 9.92. The minimum Gasteiger partial charge on any atom is -0.361 e. The van der Waals surface area contributed by atoms with E-state index in [2.05, 4.69) is 232 Å². The number of benzene rings is 5. The van der Waals surface area contributed by atoms with Crippen molar-refractivity contribution in [1.82, 2.24) is 0 Å². The quantitative estimate of drug-likeness (QED) is 0.110. The highest BCUT2D eigenvalue weighted by atomic mass is 15.2. The van der Waals surface area contributed by atoms with Crippen LogP contribution < -0.4 is 19.6 Å². The van der Waals surface area contributed by atoms with Crippen molar-refractivity contribution >= 4 is 39.7 Å². The zero-order valence-electron chi connectivity index (χ0n) is 37.0. The molecule has 0 radical (unpaired) electrons. The number of hydrogen-bond donors (Lipinski definition) is 0. The highest BCUT2D eigenvalue weighted by Gasteiger charge is 2.28. The number of nitrogens with zero attached hydrogens (tertiary/aromatic N) is 4. The van der Waals surface area contributed by atoms with Gasteiger partial charge in [-0.05, 0) is 167 Å². The van der Waals surface area contributed by atoms with E-state index in [1.807, 2.05) is 0 Å². The van der Waals surface area contributed by atoms with E-state index in [-0.39, 0.29) is 12.1 Å². The largest absolute Gasteiger partial charge is 0.361 e. The van der Waals surface area contributed by atoms with E-state index in [9.17, 15) is 0 Å². The van der Waals surface area contributed by atoms with Crippen molar-refractivity contribution in [3.8, 4) is 0 Å². The molecule has 5 aliphatic rings. The molecular weight excluding hydrogens is 777 g/mol. The van der Waals surface area contributed by atoms with Crippen LogP contribution in [0.25, 0.3) is 5.57 Å². The van der Waals surface area contributed by atoms with Gasteiger partial charge >= 0.3 is 0 Å². The van der Waals surface area contributed by atoms with E-state index in [0.29, 0.717) is 6.04 Å². The average Bonchev–Trinajstić information content (AvgIpc) is 3.38. The number of para-hydroxylation sites is 3. The molecule has 0 heterocycles. The van der Waals surface area contributed by atoms with Gasteiger partial charge in [0.1, 0.15) is 0 Å². The van der Waals surface area contributed by atoms with Gasteiger partial charge in [0.05, 0.1) is 12.1 Å². The summed E-state index contributed by atoms with van der Waals surface area (Å²) < 4.78 is 0. The standard InChI is InChI=1S/C60H60N4/c1-7-19-49(20-8-1)61(50-21-9-2-10-22-50)57-39-43-59(44-40-57)63(53-27-15-5-16-28-53)55-35-31-47(32-36-55)48-33-37-56(38-34-48)64(54-29-17-6-18-30-54)60-45-41-58(42-46-60)62(51-23-11-3-12-24-51)52-25-13-4-14-26-52/h1,3,5-9,11-12,15,17-25,29-35,37-45,53,55,60H,2,4,10,13-14,16,26-28,36,46H2. The third-order valence-corrected chi connectivity index (χ3v) is 13.5. The Labute approximate surface area is 381 Å². The summed E-state index contributed by atoms with van der Waals surface area (Å²) in [6, 6.07) is 52.1. The second-order valence-electron chi connectivity index (χ2n) is 17.6. The maximum Gasteiger partial charge on any atom is 0.0561 e. The van der Waals surface area contributed by atoms with Crippen LogP contribution in [0.3, 0.4) is 0 Å². The van der Waals surface area contributed by atoms with Gasteiger partial charge in [0.15, 0.2) is 0 Å². The summed E-state index contributed by atoms with van der Waals surface area (Å²) in [5, 5.41) is 0. The van der Waals surface area contributed by atoms with Gasteiger partial charge in [0, 0.05) is 57.3 Å². The Kier molecular flexibility index (Phi) is 12.7. The van der Waals surface area contributed by atoms with Crippen LogP contribution in [0.4, 0.5) is 34.1 Å². The number of allylic oxidation sites excluding steroid dienone is 9. The third-order valence-electron chi connectivity index (χ3n) is 13.5. The molecule has 0 amide bonds. The van der Waals surface area contributed by atoms with E-state index in [0.717, 1.165) is 51.4 Å². The molecule has 4 heteroatoms. The van der Waals surface area contributed by atoms with Crippen LogP contribution >= 0.6 is 0 Å². The van der Waals surface area contributed by atoms with Crippen molar-refractivity contribution in [2.75, 3.05) is 19.6 Å². The van der Waals surface area contributed by atoms with Crippen LogP contribution in [0.2, 0.25) is 0 Å². The van der Waals surface area contributed by atoms with Crippen molar-refractivity contribution in [1.29, 1.82) is 0 Å². The van der Waals surface area contributed by atoms with E-state index >= 15 is 0 Å². The maximum atomic E-state index is 2.70. The molecule has 0 spiro atoms. The molecule has 0 fully saturated rings. The summed E-state index contributed by atoms with van der Waals surface area (Å²) in [4.78, 5) is 10.1. The Hall–Kier alpha value is -6.78. The molecule has 0 N–H and O–H groups in total. The molecule has 3 atom stereocenters. The zero-order chi connectivity index (χ0) is 42.9. The topological polar surface area (TPSA) is 13.0 Å². The molecule has 320 valence electrons. The van der Waals surface area contributed by atoms with Crippen molar-refractivity contribution < 1.29 is 0 Å². The fourth-order valence-corrected chi connectivity index (χ4v) is 10.3. The fraction of sp³-hybridized carbons (Fsp3) is 0.233. The summed E-state index contributed by atoms with van der Waals surface area (Å²) in [5.41, 5.74) is 13.8. The number of rotatable bonds is 13. The van der Waals surface area contributed by atoms with Gasteiger partial charge in [-0.1, -0.05) is 127 Å². The minimum atomic E-state index is 0.196. The molecule has 0 aromatic heterocycles. The predicted molar refractivity (Wildman–Crippen MR) is 272 cm³/mol. The van der Waals surface area contributed by atoms with Crippen molar-refractivity contribution in [2.24, 2.45) is 0 Å². The van der Waals surface area contributed by atoms with Crippen LogP contribution in [0.5, 0.6) is 0 Å². The Morgan fingerprint density at radius 1 is 0.406 bits per heavy atom. The summed E-state index contributed by atoms with van der Waals surface area (Å²) in [5.74, 6) is 0. The summed E-state index contributed by atoms with van der Waals surface area (Å²) in [6.45, 7) is 0. The molecule has 10 rings (SSSR count). The minimum absolute atomic E-state index is 0.196. The lowest BCUT2D eigenvalue weighted by Gasteiger charge is -2.40. The summed E-state index contributed by atoms with van der Waals surface area (Å²) in [7, 11) is 0. The molecule has 5 aliphatic carbocycles. The fourth-order valence-electron chi connectivity index (χ4n) is 10.3. The smallest absolute Gasteiger partial charge is 0.0561 e. The molecule has 5 aromatic rings. The second-order valence-corrected chi connectivity index (χ2v) is 17.6. The first-order chi connectivity index (χ1) is 31.8. The molecule has 3 unspecified atom stereocenters. The molecule has 64 heavy (non-hydrogen) atoms. The van der Waals surface area contributed by atoms with Gasteiger partial charge in [-0.15, -0.1) is 0 Å². The highest BCUT2D eigenvalue weighted by Crippen LogP contribution is 2.39. The SMILES string of the molecule is C1=CC(N(c2ccccc2)c2ccc(N(C3C=CC(c4ccc(N(c5ccccc5)C5C=CC(N(C6=CCCCC6)c6ccccc6)=CC5)cc4)=CC3)C3CC=CCC3)cc2)=CCC1. The first-order valence-corrected chi connectivity index (χ1v) is 23.8. The Bertz CT molecular complexity index is 2590. The van der Waals surface area contributed by atoms with Crippen LogP contribution in [-0.4, -0.2) is 18.1 Å². The van der Waals surface area contributed by atoms with E-state index < -0.39 is 0 Å². The zero-order valence-corrected chi connectivity index (χ0v) is 37.0. The molecule has 0 saturated heterocycles. The van der Waals surface area contributed by atoms with Gasteiger partial charge in [-0.25, -0.2) is 0 Å². The van der Waals surface area contributed by atoms with E-state index in [1.165, 1.54) is 81.6 Å². The van der Waals surface area contributed by atoms with E-state index in [4.69, 9.17) is 0 Å². The first-order valence-electron chi connectivity index (χ1n) is 23.8. The van der Waals surface area contributed by atoms with Crippen molar-refractivity contribution in [3.05, 3.63) is 235 Å². The third kappa shape index (κ3) is 9.15. The van der Waals surface area contributed by atoms with Crippen LogP contribution in [0.1, 0.15) is 76.2 Å². The molecule has 0 saturated carbocycles. The molecule has 4 nitrogen and oxygen atoms in total. The molecule has 0 aliphatic heterocycles. The van der Waals surface area contributed by atoms with Crippen molar-refractivity contribution in [2.45, 2.75) is 88.8 Å². The number of hydrogen-bond acceptors (Lipinski definition) is 4. The lowest BCUT2D eigenvalue weighted by molar-refractivity contribution is 0.509. The van der Waals surface area contributed by atoms with Crippen molar-refractivity contribution in [3.63, 3.8) is 0 Å². The second kappa shape index (κ2) is 19.7. The Morgan fingerprint density at radius 2 is 1.03 bits per heavy atom. The highest BCUT2D eigenvalue weighted by molar-refractivity contribution is 5.78. The summed E-state index contributed by atoms with van der Waals surface area (Å²) in [6.07, 6.45) is 40.8. The maximum absolute atomic E-state index is 2.70. The van der Waals surface area contributed by atoms with Gasteiger partial charge < -0.3 is 19.6 Å². The summed E-state index contributed by atoms with van der Waals surface area (Å²) >= 11 is 0. The normalized spacial score (nSPS) is 20.4. The Morgan fingerprint density at radius 3 is 1.64 bits per heavy atom. The Balaban J connectivity index is 0.872. The monoisotopic (exact) mass is 836 g/mol. The molecule has 5 aromatic carbocycles. The lowest BCUT2D eigenvalue weighted by Crippen LogP contribution is -2.43. The van der Waals surface area contributed by atoms with E-state index in [1.54, 1.807) is 0 Å². The first kappa shape index (κ1) is 41.2. The van der Waals surface area contributed by atoms with Gasteiger partial charge in [-0.3, -0.25) is 0 Å². The van der Waals surface area contributed by atoms with Gasteiger partial charge in [0.25, 0.3) is 0 Å². The van der Waals surface area contributed by atoms with Gasteiger partial charge in [-0.2, -0.15) is 0 Å². The molecule has 0 bridgehead atoms. The van der Waals surface area contributed by atoms with Gasteiger partial charge in [0.2, 0.25) is 0 Å². The van der Waals surface area contributed by atoms with Crippen LogP contribution in [-0.2, 0) is 0 Å². The molecular formula is C60H60N4. The predicted octanol–water partition coefficient (Wildman–Crippen LogP) is 15.7. The van der Waals surface area contributed by atoms with Crippen LogP contribution in [0.15, 0.2) is 230 Å². The average molecular weight is 837 g/mol. The number of anilines is 6. The van der Waals surface area contributed by atoms with Crippen LogP contribution in [0, 0.1) is 0 Å².